The number of rotatable bonds is 6. The van der Waals surface area contributed by atoms with Crippen LogP contribution in [0.1, 0.15) is 19.8 Å². The number of Topliss-reactive ketones (excluding diaryl/α,β-unsaturated/α-hetero) is 1. The lowest BCUT2D eigenvalue weighted by molar-refractivity contribution is -0.269. The molecule has 6 atom stereocenters. The van der Waals surface area contributed by atoms with Gasteiger partial charge in [-0.25, -0.2) is 0 Å². The summed E-state index contributed by atoms with van der Waals surface area (Å²) in [6.45, 7) is 1.05. The van der Waals surface area contributed by atoms with Gasteiger partial charge in [-0.1, -0.05) is 6.92 Å². The zero-order chi connectivity index (χ0) is 14.6. The molecule has 7 heteroatoms. The number of carbonyl (C=O) groups is 2. The molecule has 1 rings (SSSR count). The first-order chi connectivity index (χ1) is 8.90. The van der Waals surface area contributed by atoms with Crippen LogP contribution in [0.3, 0.4) is 0 Å². The normalized spacial score (nSPS) is 36.8. The molecule has 0 spiro atoms. The van der Waals surface area contributed by atoms with Gasteiger partial charge in [0.15, 0.2) is 6.29 Å². The van der Waals surface area contributed by atoms with Crippen molar-refractivity contribution in [1.29, 1.82) is 0 Å². The zero-order valence-corrected chi connectivity index (χ0v) is 10.7. The van der Waals surface area contributed by atoms with E-state index >= 15 is 0 Å². The molecule has 6 unspecified atom stereocenters. The summed E-state index contributed by atoms with van der Waals surface area (Å²) in [7, 11) is 0. The predicted octanol–water partition coefficient (Wildman–Crippen LogP) is -1.78. The van der Waals surface area contributed by atoms with E-state index in [1.165, 1.54) is 0 Å². The maximum atomic E-state index is 11.7. The van der Waals surface area contributed by atoms with Crippen LogP contribution in [0.2, 0.25) is 0 Å². The van der Waals surface area contributed by atoms with Crippen LogP contribution in [0, 0.1) is 11.8 Å². The number of aliphatic hydroxyl groups excluding tert-OH is 4. The van der Waals surface area contributed by atoms with Crippen molar-refractivity contribution in [3.63, 3.8) is 0 Å². The van der Waals surface area contributed by atoms with E-state index < -0.39 is 43.0 Å². The summed E-state index contributed by atoms with van der Waals surface area (Å²) in [6.07, 6.45) is -4.78. The highest BCUT2D eigenvalue weighted by Crippen LogP contribution is 2.28. The monoisotopic (exact) mass is 276 g/mol. The van der Waals surface area contributed by atoms with Crippen molar-refractivity contribution < 1.29 is 34.8 Å². The van der Waals surface area contributed by atoms with Crippen LogP contribution in [0.4, 0.5) is 0 Å². The van der Waals surface area contributed by atoms with E-state index in [0.29, 0.717) is 6.29 Å². The minimum absolute atomic E-state index is 0.0129. The molecule has 0 aromatic carbocycles. The topological polar surface area (TPSA) is 124 Å². The summed E-state index contributed by atoms with van der Waals surface area (Å²) < 4.78 is 4.94. The second-order valence-corrected chi connectivity index (χ2v) is 4.95. The van der Waals surface area contributed by atoms with Crippen LogP contribution < -0.4 is 0 Å². The summed E-state index contributed by atoms with van der Waals surface area (Å²) in [4.78, 5) is 22.1. The standard InChI is InChI=1S/C12H20O7/c1-6(4-13)2-7(15)3-8-10(16)11(17)9(5-14)19-12(8)18/h4,6,8-12,14,16-18H,2-3,5H2,1H3. The Labute approximate surface area is 110 Å². The molecular weight excluding hydrogens is 256 g/mol. The van der Waals surface area contributed by atoms with Gasteiger partial charge in [0.05, 0.1) is 12.7 Å². The highest BCUT2D eigenvalue weighted by molar-refractivity contribution is 5.81. The smallest absolute Gasteiger partial charge is 0.160 e. The molecule has 0 aliphatic carbocycles. The Morgan fingerprint density at radius 1 is 1.32 bits per heavy atom. The third kappa shape index (κ3) is 4.05. The van der Waals surface area contributed by atoms with E-state index in [1.54, 1.807) is 6.92 Å². The molecule has 1 aliphatic rings. The summed E-state index contributed by atoms with van der Waals surface area (Å²) in [6, 6.07) is 0. The molecule has 1 fully saturated rings. The van der Waals surface area contributed by atoms with Gasteiger partial charge in [0, 0.05) is 24.7 Å². The fraction of sp³-hybridized carbons (Fsp3) is 0.833. The van der Waals surface area contributed by atoms with E-state index in [2.05, 4.69) is 0 Å². The Hall–Kier alpha value is -0.860. The number of ether oxygens (including phenoxy) is 1. The molecule has 1 aliphatic heterocycles. The predicted molar refractivity (Wildman–Crippen MR) is 62.9 cm³/mol. The molecule has 7 nitrogen and oxygen atoms in total. The summed E-state index contributed by atoms with van der Waals surface area (Å²) in [5.41, 5.74) is 0. The highest BCUT2D eigenvalue weighted by atomic mass is 16.6. The van der Waals surface area contributed by atoms with E-state index in [0.717, 1.165) is 0 Å². The largest absolute Gasteiger partial charge is 0.394 e. The molecule has 1 saturated heterocycles. The second-order valence-electron chi connectivity index (χ2n) is 4.95. The number of aliphatic hydroxyl groups is 4. The Kier molecular flexibility index (Phi) is 6.02. The zero-order valence-electron chi connectivity index (χ0n) is 10.7. The molecule has 0 aromatic heterocycles. The van der Waals surface area contributed by atoms with Crippen molar-refractivity contribution in [3.8, 4) is 0 Å². The number of ketones is 1. The van der Waals surface area contributed by atoms with Crippen LogP contribution in [-0.2, 0) is 14.3 Å². The third-order valence-corrected chi connectivity index (χ3v) is 3.28. The lowest BCUT2D eigenvalue weighted by Gasteiger charge is -2.40. The van der Waals surface area contributed by atoms with Gasteiger partial charge in [-0.3, -0.25) is 4.79 Å². The quantitative estimate of drug-likeness (QED) is 0.423. The number of hydrogen-bond acceptors (Lipinski definition) is 7. The summed E-state index contributed by atoms with van der Waals surface area (Å²) in [5.74, 6) is -1.70. The SMILES string of the molecule is CC(C=O)CC(=O)CC1C(O)OC(CO)C(O)C1O. The lowest BCUT2D eigenvalue weighted by Crippen LogP contribution is -2.56. The molecular formula is C12H20O7. The molecule has 0 radical (unpaired) electrons. The maximum absolute atomic E-state index is 11.7. The van der Waals surface area contributed by atoms with Crippen LogP contribution in [-0.4, -0.2) is 63.7 Å². The van der Waals surface area contributed by atoms with Crippen molar-refractivity contribution in [1.82, 2.24) is 0 Å². The molecule has 4 N–H and O–H groups in total. The molecule has 0 saturated carbocycles. The van der Waals surface area contributed by atoms with Crippen LogP contribution in [0.5, 0.6) is 0 Å². The van der Waals surface area contributed by atoms with Gasteiger partial charge in [-0.05, 0) is 0 Å². The van der Waals surface area contributed by atoms with Crippen molar-refractivity contribution in [2.45, 2.75) is 44.4 Å². The lowest BCUT2D eigenvalue weighted by atomic mass is 9.86. The molecule has 1 heterocycles. The fourth-order valence-electron chi connectivity index (χ4n) is 2.13. The molecule has 19 heavy (non-hydrogen) atoms. The Morgan fingerprint density at radius 3 is 2.47 bits per heavy atom. The molecule has 0 amide bonds. The first-order valence-corrected chi connectivity index (χ1v) is 6.18. The summed E-state index contributed by atoms with van der Waals surface area (Å²) in [5, 5.41) is 38.1. The van der Waals surface area contributed by atoms with Crippen LogP contribution >= 0.6 is 0 Å². The first-order valence-electron chi connectivity index (χ1n) is 6.18. The average molecular weight is 276 g/mol. The van der Waals surface area contributed by atoms with Gasteiger partial charge in [-0.2, -0.15) is 0 Å². The number of carbonyl (C=O) groups excluding carboxylic acids is 2. The van der Waals surface area contributed by atoms with Crippen molar-refractivity contribution >= 4 is 12.1 Å². The molecule has 110 valence electrons. The van der Waals surface area contributed by atoms with Crippen LogP contribution in [0.15, 0.2) is 0 Å². The second kappa shape index (κ2) is 7.06. The first kappa shape index (κ1) is 16.2. The van der Waals surface area contributed by atoms with Gasteiger partial charge in [0.25, 0.3) is 0 Å². The Balaban J connectivity index is 2.62. The molecule has 0 bridgehead atoms. The van der Waals surface area contributed by atoms with Crippen molar-refractivity contribution in [3.05, 3.63) is 0 Å². The fourth-order valence-corrected chi connectivity index (χ4v) is 2.13. The van der Waals surface area contributed by atoms with Gasteiger partial charge in [-0.15, -0.1) is 0 Å². The van der Waals surface area contributed by atoms with Crippen molar-refractivity contribution in [2.75, 3.05) is 6.61 Å². The highest BCUT2D eigenvalue weighted by Gasteiger charge is 2.44. The minimum Gasteiger partial charge on any atom is -0.394 e. The van der Waals surface area contributed by atoms with Crippen molar-refractivity contribution in [2.24, 2.45) is 11.8 Å². The third-order valence-electron chi connectivity index (χ3n) is 3.28. The van der Waals surface area contributed by atoms with Gasteiger partial charge < -0.3 is 30.0 Å². The van der Waals surface area contributed by atoms with E-state index in [9.17, 15) is 24.9 Å². The summed E-state index contributed by atoms with van der Waals surface area (Å²) >= 11 is 0. The van der Waals surface area contributed by atoms with Crippen LogP contribution in [0.25, 0.3) is 0 Å². The van der Waals surface area contributed by atoms with E-state index in [1.807, 2.05) is 0 Å². The Bertz CT molecular complexity index is 319. The van der Waals surface area contributed by atoms with E-state index in [-0.39, 0.29) is 18.6 Å². The van der Waals surface area contributed by atoms with E-state index in [4.69, 9.17) is 9.84 Å². The van der Waals surface area contributed by atoms with Gasteiger partial charge in [0.1, 0.15) is 24.3 Å². The number of aldehydes is 1. The Morgan fingerprint density at radius 2 is 1.95 bits per heavy atom. The van der Waals surface area contributed by atoms with Gasteiger partial charge in [0.2, 0.25) is 0 Å². The number of hydrogen-bond donors (Lipinski definition) is 4. The minimum atomic E-state index is -1.44. The maximum Gasteiger partial charge on any atom is 0.160 e. The van der Waals surface area contributed by atoms with Gasteiger partial charge >= 0.3 is 0 Å². The molecule has 0 aromatic rings. The average Bonchev–Trinajstić information content (AvgIpc) is 2.38.